The third-order valence-corrected chi connectivity index (χ3v) is 3.23. The number of nitrogens with one attached hydrogen (secondary N) is 2. The monoisotopic (exact) mass is 284 g/mol. The summed E-state index contributed by atoms with van der Waals surface area (Å²) in [5.74, 6) is -0.152. The minimum Gasteiger partial charge on any atom is -0.374 e. The summed E-state index contributed by atoms with van der Waals surface area (Å²) in [7, 11) is 0. The third kappa shape index (κ3) is 2.66. The zero-order valence-corrected chi connectivity index (χ0v) is 11.0. The molecule has 1 aromatic carbocycles. The molecule has 3 rings (SSSR count). The SMILES string of the molecule is O=C1Cc2cc([N+](=O)[O-])c(NCc3ccccn3)cc2N1. The fraction of sp³-hybridized carbons (Fsp3) is 0.143. The number of anilines is 2. The van der Waals surface area contributed by atoms with Crippen LogP contribution in [0.25, 0.3) is 0 Å². The molecule has 21 heavy (non-hydrogen) atoms. The molecule has 7 nitrogen and oxygen atoms in total. The number of hydrogen-bond donors (Lipinski definition) is 2. The summed E-state index contributed by atoms with van der Waals surface area (Å²) in [6, 6.07) is 8.52. The number of aromatic nitrogens is 1. The van der Waals surface area contributed by atoms with Crippen molar-refractivity contribution in [1.82, 2.24) is 4.98 Å². The number of hydrogen-bond acceptors (Lipinski definition) is 5. The Balaban J connectivity index is 1.88. The average Bonchev–Trinajstić information content (AvgIpc) is 2.84. The van der Waals surface area contributed by atoms with Crippen molar-refractivity contribution in [2.75, 3.05) is 10.6 Å². The van der Waals surface area contributed by atoms with Gasteiger partial charge in [0.25, 0.3) is 5.69 Å². The molecule has 2 N–H and O–H groups in total. The Hall–Kier alpha value is -2.96. The van der Waals surface area contributed by atoms with Crippen LogP contribution in [0.2, 0.25) is 0 Å². The minimum absolute atomic E-state index is 0.0406. The molecule has 0 radical (unpaired) electrons. The number of carbonyl (C=O) groups is 1. The second-order valence-electron chi connectivity index (χ2n) is 4.68. The van der Waals surface area contributed by atoms with E-state index in [4.69, 9.17) is 0 Å². The number of benzene rings is 1. The summed E-state index contributed by atoms with van der Waals surface area (Å²) >= 11 is 0. The Labute approximate surface area is 120 Å². The van der Waals surface area contributed by atoms with Crippen molar-refractivity contribution in [3.05, 3.63) is 57.9 Å². The van der Waals surface area contributed by atoms with Crippen LogP contribution >= 0.6 is 0 Å². The lowest BCUT2D eigenvalue weighted by Gasteiger charge is -2.09. The summed E-state index contributed by atoms with van der Waals surface area (Å²) in [5, 5.41) is 16.8. The summed E-state index contributed by atoms with van der Waals surface area (Å²) in [6.07, 6.45) is 1.84. The number of carbonyl (C=O) groups excluding carboxylic acids is 1. The predicted octanol–water partition coefficient (Wildman–Crippen LogP) is 2.10. The Morgan fingerprint density at radius 2 is 2.24 bits per heavy atom. The highest BCUT2D eigenvalue weighted by Crippen LogP contribution is 2.34. The first-order valence-corrected chi connectivity index (χ1v) is 6.38. The molecular formula is C14H12N4O3. The Morgan fingerprint density at radius 3 is 2.95 bits per heavy atom. The second-order valence-corrected chi connectivity index (χ2v) is 4.68. The average molecular weight is 284 g/mol. The normalized spacial score (nSPS) is 12.7. The lowest BCUT2D eigenvalue weighted by molar-refractivity contribution is -0.384. The van der Waals surface area contributed by atoms with Crippen molar-refractivity contribution in [2.24, 2.45) is 0 Å². The molecule has 0 fully saturated rings. The van der Waals surface area contributed by atoms with Gasteiger partial charge in [0.1, 0.15) is 5.69 Å². The standard InChI is InChI=1S/C14H12N4O3/c19-14-6-9-5-13(18(20)21)12(7-11(9)17-14)16-8-10-3-1-2-4-15-10/h1-5,7,16H,6,8H2,(H,17,19). The highest BCUT2D eigenvalue weighted by molar-refractivity contribution is 6.00. The largest absolute Gasteiger partial charge is 0.374 e. The zero-order valence-electron chi connectivity index (χ0n) is 11.0. The van der Waals surface area contributed by atoms with Crippen molar-refractivity contribution >= 4 is 23.0 Å². The maximum absolute atomic E-state index is 11.4. The molecule has 0 atom stereocenters. The van der Waals surface area contributed by atoms with Gasteiger partial charge in [-0.25, -0.2) is 0 Å². The molecule has 1 aromatic heterocycles. The van der Waals surface area contributed by atoms with E-state index in [9.17, 15) is 14.9 Å². The molecule has 0 spiro atoms. The predicted molar refractivity (Wildman–Crippen MR) is 77.0 cm³/mol. The van der Waals surface area contributed by atoms with Gasteiger partial charge in [-0.05, 0) is 23.8 Å². The topological polar surface area (TPSA) is 97.2 Å². The number of pyridine rings is 1. The van der Waals surface area contributed by atoms with E-state index in [0.29, 0.717) is 23.5 Å². The molecule has 0 bridgehead atoms. The van der Waals surface area contributed by atoms with E-state index in [1.807, 2.05) is 12.1 Å². The van der Waals surface area contributed by atoms with Gasteiger partial charge in [0, 0.05) is 18.0 Å². The minimum atomic E-state index is -0.455. The van der Waals surface area contributed by atoms with Gasteiger partial charge in [0.05, 0.1) is 23.6 Å². The van der Waals surface area contributed by atoms with E-state index in [2.05, 4.69) is 15.6 Å². The maximum Gasteiger partial charge on any atom is 0.292 e. The molecule has 0 unspecified atom stereocenters. The van der Waals surface area contributed by atoms with E-state index in [-0.39, 0.29) is 18.0 Å². The first-order valence-electron chi connectivity index (χ1n) is 6.38. The zero-order chi connectivity index (χ0) is 14.8. The van der Waals surface area contributed by atoms with Crippen molar-refractivity contribution < 1.29 is 9.72 Å². The van der Waals surface area contributed by atoms with E-state index in [1.54, 1.807) is 18.3 Å². The summed E-state index contributed by atoms with van der Waals surface area (Å²) in [4.78, 5) is 26.2. The van der Waals surface area contributed by atoms with Gasteiger partial charge in [-0.3, -0.25) is 19.9 Å². The smallest absolute Gasteiger partial charge is 0.292 e. The molecule has 7 heteroatoms. The number of nitro benzene ring substituents is 1. The van der Waals surface area contributed by atoms with Gasteiger partial charge in [0.2, 0.25) is 5.91 Å². The molecule has 2 heterocycles. The fourth-order valence-electron chi connectivity index (χ4n) is 2.24. The lowest BCUT2D eigenvalue weighted by Crippen LogP contribution is -2.05. The van der Waals surface area contributed by atoms with E-state index in [0.717, 1.165) is 5.69 Å². The Morgan fingerprint density at radius 1 is 1.38 bits per heavy atom. The number of rotatable bonds is 4. The van der Waals surface area contributed by atoms with Crippen molar-refractivity contribution in [1.29, 1.82) is 0 Å². The summed E-state index contributed by atoms with van der Waals surface area (Å²) in [6.45, 7) is 0.369. The van der Waals surface area contributed by atoms with Gasteiger partial charge in [-0.15, -0.1) is 0 Å². The third-order valence-electron chi connectivity index (χ3n) is 3.23. The van der Waals surface area contributed by atoms with Gasteiger partial charge in [-0.2, -0.15) is 0 Å². The first kappa shape index (κ1) is 13.0. The number of fused-ring (bicyclic) bond motifs is 1. The molecule has 0 saturated heterocycles. The maximum atomic E-state index is 11.4. The van der Waals surface area contributed by atoms with Crippen LogP contribution in [0.15, 0.2) is 36.5 Å². The van der Waals surface area contributed by atoms with E-state index < -0.39 is 4.92 Å². The molecule has 1 aliphatic rings. The second kappa shape index (κ2) is 5.20. The van der Waals surface area contributed by atoms with Crippen LogP contribution in [-0.2, 0) is 17.8 Å². The fourth-order valence-corrected chi connectivity index (χ4v) is 2.24. The quantitative estimate of drug-likeness (QED) is 0.662. The van der Waals surface area contributed by atoms with Gasteiger partial charge >= 0.3 is 0 Å². The van der Waals surface area contributed by atoms with Gasteiger partial charge in [0.15, 0.2) is 0 Å². The molecule has 1 aliphatic heterocycles. The molecular weight excluding hydrogens is 272 g/mol. The Bertz CT molecular complexity index is 716. The highest BCUT2D eigenvalue weighted by atomic mass is 16.6. The van der Waals surface area contributed by atoms with Crippen molar-refractivity contribution in [2.45, 2.75) is 13.0 Å². The Kier molecular flexibility index (Phi) is 3.23. The summed E-state index contributed by atoms with van der Waals surface area (Å²) < 4.78 is 0. The van der Waals surface area contributed by atoms with Crippen LogP contribution in [0.3, 0.4) is 0 Å². The van der Waals surface area contributed by atoms with Crippen LogP contribution in [-0.4, -0.2) is 15.8 Å². The number of amides is 1. The molecule has 106 valence electrons. The van der Waals surface area contributed by atoms with Gasteiger partial charge < -0.3 is 10.6 Å². The van der Waals surface area contributed by atoms with Crippen LogP contribution in [0, 0.1) is 10.1 Å². The number of nitrogens with zero attached hydrogens (tertiary/aromatic N) is 2. The lowest BCUT2D eigenvalue weighted by atomic mass is 10.1. The van der Waals surface area contributed by atoms with Crippen LogP contribution < -0.4 is 10.6 Å². The van der Waals surface area contributed by atoms with E-state index in [1.165, 1.54) is 6.07 Å². The van der Waals surface area contributed by atoms with Crippen molar-refractivity contribution in [3.63, 3.8) is 0 Å². The molecule has 1 amide bonds. The van der Waals surface area contributed by atoms with Crippen LogP contribution in [0.5, 0.6) is 0 Å². The van der Waals surface area contributed by atoms with Crippen LogP contribution in [0.4, 0.5) is 17.1 Å². The first-order chi connectivity index (χ1) is 10.1. The van der Waals surface area contributed by atoms with Crippen molar-refractivity contribution in [3.8, 4) is 0 Å². The molecule has 0 saturated carbocycles. The van der Waals surface area contributed by atoms with E-state index >= 15 is 0 Å². The van der Waals surface area contributed by atoms with Gasteiger partial charge in [-0.1, -0.05) is 6.07 Å². The molecule has 2 aromatic rings. The summed E-state index contributed by atoms with van der Waals surface area (Å²) in [5.41, 5.74) is 2.37. The molecule has 0 aliphatic carbocycles. The number of nitro groups is 1. The highest BCUT2D eigenvalue weighted by Gasteiger charge is 2.24. The van der Waals surface area contributed by atoms with Crippen LogP contribution in [0.1, 0.15) is 11.3 Å².